The summed E-state index contributed by atoms with van der Waals surface area (Å²) in [6, 6.07) is 0.392. The van der Waals surface area contributed by atoms with Gasteiger partial charge in [0.25, 0.3) is 0 Å². The lowest BCUT2D eigenvalue weighted by molar-refractivity contribution is -0.135. The molecule has 0 aromatic heterocycles. The monoisotopic (exact) mass is 280 g/mol. The summed E-state index contributed by atoms with van der Waals surface area (Å²) in [5, 5.41) is 0. The van der Waals surface area contributed by atoms with Gasteiger partial charge >= 0.3 is 0 Å². The summed E-state index contributed by atoms with van der Waals surface area (Å²) in [4.78, 5) is 14.5. The zero-order valence-corrected chi connectivity index (χ0v) is 13.2. The van der Waals surface area contributed by atoms with Gasteiger partial charge in [0.1, 0.15) is 0 Å². The van der Waals surface area contributed by atoms with Crippen molar-refractivity contribution < 1.29 is 4.79 Å². The van der Waals surface area contributed by atoms with Crippen LogP contribution in [0.2, 0.25) is 0 Å². The molecule has 1 saturated heterocycles. The van der Waals surface area contributed by atoms with Gasteiger partial charge in [-0.25, -0.2) is 0 Å². The largest absolute Gasteiger partial charge is 0.338 e. The quantitative estimate of drug-likeness (QED) is 0.838. The summed E-state index contributed by atoms with van der Waals surface area (Å²) >= 11 is 0. The molecular formula is C17H32N2O. The van der Waals surface area contributed by atoms with E-state index in [0.717, 1.165) is 38.1 Å². The van der Waals surface area contributed by atoms with Crippen molar-refractivity contribution in [2.45, 2.75) is 89.6 Å². The average molecular weight is 280 g/mol. The molecule has 0 spiro atoms. The van der Waals surface area contributed by atoms with Crippen LogP contribution < -0.4 is 5.73 Å². The summed E-state index contributed by atoms with van der Waals surface area (Å²) in [6.45, 7) is 2.97. The Morgan fingerprint density at radius 3 is 2.55 bits per heavy atom. The van der Waals surface area contributed by atoms with E-state index in [1.807, 2.05) is 6.92 Å². The van der Waals surface area contributed by atoms with Crippen LogP contribution in [0.15, 0.2) is 0 Å². The van der Waals surface area contributed by atoms with Crippen LogP contribution in [-0.4, -0.2) is 29.4 Å². The Labute approximate surface area is 124 Å². The second-order valence-electron chi connectivity index (χ2n) is 6.91. The summed E-state index contributed by atoms with van der Waals surface area (Å²) in [7, 11) is 0. The Morgan fingerprint density at radius 2 is 1.85 bits per heavy atom. The number of carbonyl (C=O) groups is 1. The predicted molar refractivity (Wildman–Crippen MR) is 83.4 cm³/mol. The van der Waals surface area contributed by atoms with Gasteiger partial charge in [-0.1, -0.05) is 32.1 Å². The maximum absolute atomic E-state index is 12.4. The fourth-order valence-electron chi connectivity index (χ4n) is 3.98. The van der Waals surface area contributed by atoms with Crippen molar-refractivity contribution in [1.29, 1.82) is 0 Å². The van der Waals surface area contributed by atoms with Crippen molar-refractivity contribution in [3.8, 4) is 0 Å². The van der Waals surface area contributed by atoms with Gasteiger partial charge in [-0.15, -0.1) is 0 Å². The molecule has 2 fully saturated rings. The second kappa shape index (κ2) is 8.02. The molecule has 1 heterocycles. The van der Waals surface area contributed by atoms with Crippen molar-refractivity contribution in [2.24, 2.45) is 11.7 Å². The van der Waals surface area contributed by atoms with Crippen LogP contribution in [0.1, 0.15) is 77.6 Å². The number of nitrogens with zero attached hydrogens (tertiary/aromatic N) is 1. The van der Waals surface area contributed by atoms with Gasteiger partial charge in [-0.3, -0.25) is 4.79 Å². The second-order valence-corrected chi connectivity index (χ2v) is 6.91. The van der Waals surface area contributed by atoms with Gasteiger partial charge in [0.2, 0.25) is 5.91 Å². The van der Waals surface area contributed by atoms with Gasteiger partial charge in [0.15, 0.2) is 0 Å². The Morgan fingerprint density at radius 1 is 1.15 bits per heavy atom. The Hall–Kier alpha value is -0.570. The molecular weight excluding hydrogens is 248 g/mol. The molecule has 1 aliphatic heterocycles. The van der Waals surface area contributed by atoms with E-state index in [1.165, 1.54) is 44.9 Å². The molecule has 1 aliphatic carbocycles. The normalized spacial score (nSPS) is 26.5. The van der Waals surface area contributed by atoms with E-state index in [-0.39, 0.29) is 12.1 Å². The highest BCUT2D eigenvalue weighted by molar-refractivity contribution is 5.76. The number of amides is 1. The van der Waals surface area contributed by atoms with Crippen LogP contribution >= 0.6 is 0 Å². The summed E-state index contributed by atoms with van der Waals surface area (Å²) in [5.41, 5.74) is 6.05. The predicted octanol–water partition coefficient (Wildman–Crippen LogP) is 3.47. The van der Waals surface area contributed by atoms with Gasteiger partial charge in [-0.05, 0) is 44.9 Å². The van der Waals surface area contributed by atoms with E-state index in [4.69, 9.17) is 5.73 Å². The van der Waals surface area contributed by atoms with Crippen LogP contribution in [-0.2, 0) is 4.79 Å². The van der Waals surface area contributed by atoms with E-state index >= 15 is 0 Å². The van der Waals surface area contributed by atoms with E-state index < -0.39 is 0 Å². The lowest BCUT2D eigenvalue weighted by Gasteiger charge is -2.38. The van der Waals surface area contributed by atoms with Gasteiger partial charge < -0.3 is 10.6 Å². The fraction of sp³-hybridized carbons (Fsp3) is 0.941. The molecule has 0 aromatic rings. The molecule has 0 bridgehead atoms. The Bertz CT molecular complexity index is 297. The maximum Gasteiger partial charge on any atom is 0.222 e. The van der Waals surface area contributed by atoms with Crippen LogP contribution in [0.5, 0.6) is 0 Å². The standard InChI is InChI=1S/C17H32N2O/c1-14(18)16-11-5-6-13-19(16)17(20)12-7-10-15-8-3-2-4-9-15/h14-16H,2-13,18H2,1H3. The minimum absolute atomic E-state index is 0.109. The van der Waals surface area contributed by atoms with E-state index in [2.05, 4.69) is 4.90 Å². The SMILES string of the molecule is CC(N)C1CCCCN1C(=O)CCCC1CCCCC1. The molecule has 0 aromatic carbocycles. The third kappa shape index (κ3) is 4.47. The van der Waals surface area contributed by atoms with Crippen molar-refractivity contribution in [1.82, 2.24) is 4.90 Å². The van der Waals surface area contributed by atoms with Crippen molar-refractivity contribution >= 4 is 5.91 Å². The molecule has 1 amide bonds. The lowest BCUT2D eigenvalue weighted by atomic mass is 9.85. The molecule has 3 heteroatoms. The third-order valence-electron chi connectivity index (χ3n) is 5.20. The van der Waals surface area contributed by atoms with Gasteiger partial charge in [0, 0.05) is 25.0 Å². The minimum atomic E-state index is 0.109. The molecule has 2 aliphatic rings. The zero-order valence-electron chi connectivity index (χ0n) is 13.2. The first kappa shape index (κ1) is 15.8. The summed E-state index contributed by atoms with van der Waals surface area (Å²) < 4.78 is 0. The van der Waals surface area contributed by atoms with Crippen LogP contribution in [0.4, 0.5) is 0 Å². The van der Waals surface area contributed by atoms with Crippen LogP contribution in [0, 0.1) is 5.92 Å². The number of hydrogen-bond donors (Lipinski definition) is 1. The average Bonchev–Trinajstić information content (AvgIpc) is 2.48. The molecule has 20 heavy (non-hydrogen) atoms. The molecule has 2 atom stereocenters. The maximum atomic E-state index is 12.4. The smallest absolute Gasteiger partial charge is 0.222 e. The fourth-order valence-corrected chi connectivity index (χ4v) is 3.98. The number of rotatable bonds is 5. The molecule has 1 saturated carbocycles. The van der Waals surface area contributed by atoms with E-state index in [0.29, 0.717) is 5.91 Å². The van der Waals surface area contributed by atoms with Crippen molar-refractivity contribution in [3.05, 3.63) is 0 Å². The van der Waals surface area contributed by atoms with Crippen LogP contribution in [0.25, 0.3) is 0 Å². The number of likely N-dealkylation sites (tertiary alicyclic amines) is 1. The summed E-state index contributed by atoms with van der Waals surface area (Å²) in [6.07, 6.45) is 13.5. The summed E-state index contributed by atoms with van der Waals surface area (Å²) in [5.74, 6) is 1.24. The molecule has 2 unspecified atom stereocenters. The highest BCUT2D eigenvalue weighted by Gasteiger charge is 2.28. The topological polar surface area (TPSA) is 46.3 Å². The number of hydrogen-bond acceptors (Lipinski definition) is 2. The third-order valence-corrected chi connectivity index (χ3v) is 5.20. The first-order valence-corrected chi connectivity index (χ1v) is 8.73. The molecule has 0 radical (unpaired) electrons. The molecule has 116 valence electrons. The van der Waals surface area contributed by atoms with E-state index in [1.54, 1.807) is 0 Å². The molecule has 2 N–H and O–H groups in total. The van der Waals surface area contributed by atoms with E-state index in [9.17, 15) is 4.79 Å². The first-order valence-electron chi connectivity index (χ1n) is 8.73. The first-order chi connectivity index (χ1) is 9.68. The highest BCUT2D eigenvalue weighted by Crippen LogP contribution is 2.28. The minimum Gasteiger partial charge on any atom is -0.338 e. The van der Waals surface area contributed by atoms with Crippen molar-refractivity contribution in [3.63, 3.8) is 0 Å². The van der Waals surface area contributed by atoms with Gasteiger partial charge in [-0.2, -0.15) is 0 Å². The molecule has 3 nitrogen and oxygen atoms in total. The van der Waals surface area contributed by atoms with Crippen molar-refractivity contribution in [2.75, 3.05) is 6.54 Å². The Balaban J connectivity index is 1.72. The van der Waals surface area contributed by atoms with Gasteiger partial charge in [0.05, 0.1) is 0 Å². The zero-order chi connectivity index (χ0) is 14.4. The Kier molecular flexibility index (Phi) is 6.34. The molecule has 2 rings (SSSR count). The van der Waals surface area contributed by atoms with Crippen LogP contribution in [0.3, 0.4) is 0 Å². The number of carbonyl (C=O) groups excluding carboxylic acids is 1. The lowest BCUT2D eigenvalue weighted by Crippen LogP contribution is -2.51. The number of nitrogens with two attached hydrogens (primary N) is 1. The highest BCUT2D eigenvalue weighted by atomic mass is 16.2. The number of piperidine rings is 1.